The number of pyridine rings is 1. The van der Waals surface area contributed by atoms with E-state index in [2.05, 4.69) is 4.98 Å². The molecule has 1 aliphatic carbocycles. The number of amides is 1. The lowest BCUT2D eigenvalue weighted by Crippen LogP contribution is -2.46. The Morgan fingerprint density at radius 2 is 2.14 bits per heavy atom. The molecule has 3 rings (SSSR count). The first-order valence-electron chi connectivity index (χ1n) is 7.68. The van der Waals surface area contributed by atoms with E-state index in [1.165, 1.54) is 7.11 Å². The van der Waals surface area contributed by atoms with Crippen LogP contribution in [-0.4, -0.2) is 46.1 Å². The van der Waals surface area contributed by atoms with Gasteiger partial charge in [0, 0.05) is 12.2 Å². The molecule has 1 aromatic rings. The molecular formula is C16H20N2O4. The largest absolute Gasteiger partial charge is 0.480 e. The summed E-state index contributed by atoms with van der Waals surface area (Å²) in [6, 6.07) is 2.58. The van der Waals surface area contributed by atoms with Crippen LogP contribution in [0.1, 0.15) is 42.5 Å². The monoisotopic (exact) mass is 304 g/mol. The lowest BCUT2D eigenvalue weighted by atomic mass is 9.84. The fourth-order valence-electron chi connectivity index (χ4n) is 3.83. The maximum Gasteiger partial charge on any atom is 0.326 e. The van der Waals surface area contributed by atoms with Crippen molar-refractivity contribution in [3.05, 3.63) is 23.9 Å². The summed E-state index contributed by atoms with van der Waals surface area (Å²) in [6.07, 6.45) is 6.14. The van der Waals surface area contributed by atoms with E-state index in [0.29, 0.717) is 17.9 Å². The van der Waals surface area contributed by atoms with Crippen LogP contribution in [0.2, 0.25) is 0 Å². The second-order valence-electron chi connectivity index (χ2n) is 5.97. The Balaban J connectivity index is 1.95. The number of carbonyl (C=O) groups excluding carboxylic acids is 1. The molecule has 0 spiro atoms. The number of rotatable bonds is 3. The zero-order valence-electron chi connectivity index (χ0n) is 12.6. The van der Waals surface area contributed by atoms with Gasteiger partial charge in [-0.3, -0.25) is 4.79 Å². The number of hydrogen-bond acceptors (Lipinski definition) is 4. The molecule has 3 unspecified atom stereocenters. The van der Waals surface area contributed by atoms with Crippen molar-refractivity contribution in [1.82, 2.24) is 9.88 Å². The van der Waals surface area contributed by atoms with Gasteiger partial charge in [-0.15, -0.1) is 0 Å². The summed E-state index contributed by atoms with van der Waals surface area (Å²) in [4.78, 5) is 30.2. The van der Waals surface area contributed by atoms with Gasteiger partial charge in [0.25, 0.3) is 5.91 Å². The van der Waals surface area contributed by atoms with Crippen LogP contribution in [-0.2, 0) is 4.79 Å². The van der Waals surface area contributed by atoms with Crippen LogP contribution >= 0.6 is 0 Å². The molecule has 1 aliphatic heterocycles. The zero-order valence-corrected chi connectivity index (χ0v) is 12.6. The summed E-state index contributed by atoms with van der Waals surface area (Å²) in [5.74, 6) is -0.672. The maximum absolute atomic E-state index is 12.9. The van der Waals surface area contributed by atoms with Gasteiger partial charge in [-0.25, -0.2) is 9.78 Å². The molecule has 118 valence electrons. The molecule has 0 bridgehead atoms. The molecule has 0 radical (unpaired) electrons. The Hall–Kier alpha value is -2.11. The fraction of sp³-hybridized carbons (Fsp3) is 0.562. The minimum absolute atomic E-state index is 0.0206. The van der Waals surface area contributed by atoms with Gasteiger partial charge in [-0.1, -0.05) is 12.8 Å². The fourth-order valence-corrected chi connectivity index (χ4v) is 3.83. The number of ether oxygens (including phenoxy) is 1. The van der Waals surface area contributed by atoms with Crippen molar-refractivity contribution in [2.24, 2.45) is 5.92 Å². The summed E-state index contributed by atoms with van der Waals surface area (Å²) in [7, 11) is 1.46. The molecule has 6 heteroatoms. The summed E-state index contributed by atoms with van der Waals surface area (Å²) in [6.45, 7) is 0. The van der Waals surface area contributed by atoms with E-state index in [0.717, 1.165) is 25.7 Å². The van der Waals surface area contributed by atoms with Gasteiger partial charge in [-0.2, -0.15) is 0 Å². The third kappa shape index (κ3) is 2.42. The standard InChI is InChI=1S/C16H20N2O4/c1-22-14-11(6-4-8-17-14)15(19)18-12-7-3-2-5-10(12)9-13(18)16(20)21/h4,6,8,10,12-13H,2-3,5,7,9H2,1H3,(H,20,21). The van der Waals surface area contributed by atoms with Gasteiger partial charge < -0.3 is 14.7 Å². The zero-order chi connectivity index (χ0) is 15.7. The number of methoxy groups -OCH3 is 1. The van der Waals surface area contributed by atoms with Crippen molar-refractivity contribution in [2.45, 2.75) is 44.2 Å². The van der Waals surface area contributed by atoms with E-state index in [1.54, 1.807) is 23.2 Å². The molecule has 1 saturated carbocycles. The Morgan fingerprint density at radius 1 is 1.36 bits per heavy atom. The Bertz CT molecular complexity index is 589. The minimum Gasteiger partial charge on any atom is -0.480 e. The molecule has 3 atom stereocenters. The lowest BCUT2D eigenvalue weighted by molar-refractivity contribution is -0.141. The van der Waals surface area contributed by atoms with E-state index in [-0.39, 0.29) is 17.8 Å². The molecule has 22 heavy (non-hydrogen) atoms. The molecule has 1 saturated heterocycles. The van der Waals surface area contributed by atoms with Gasteiger partial charge in [0.05, 0.1) is 7.11 Å². The predicted molar refractivity (Wildman–Crippen MR) is 78.7 cm³/mol. The summed E-state index contributed by atoms with van der Waals surface area (Å²) in [5.41, 5.74) is 0.336. The molecule has 1 aromatic heterocycles. The van der Waals surface area contributed by atoms with Crippen LogP contribution < -0.4 is 4.74 Å². The highest BCUT2D eigenvalue weighted by molar-refractivity contribution is 5.99. The summed E-state index contributed by atoms with van der Waals surface area (Å²) in [5, 5.41) is 9.51. The van der Waals surface area contributed by atoms with Gasteiger partial charge in [-0.05, 0) is 37.3 Å². The number of nitrogens with zero attached hydrogens (tertiary/aromatic N) is 2. The second-order valence-corrected chi connectivity index (χ2v) is 5.97. The maximum atomic E-state index is 12.9. The number of aromatic nitrogens is 1. The molecular weight excluding hydrogens is 284 g/mol. The van der Waals surface area contributed by atoms with E-state index in [4.69, 9.17) is 4.74 Å². The molecule has 0 aromatic carbocycles. The number of carboxylic acids is 1. The lowest BCUT2D eigenvalue weighted by Gasteiger charge is -2.33. The number of fused-ring (bicyclic) bond motifs is 1. The molecule has 2 heterocycles. The third-order valence-electron chi connectivity index (χ3n) is 4.80. The average Bonchev–Trinajstić information content (AvgIpc) is 2.94. The number of carbonyl (C=O) groups is 2. The normalized spacial score (nSPS) is 27.3. The molecule has 6 nitrogen and oxygen atoms in total. The molecule has 2 aliphatic rings. The van der Waals surface area contributed by atoms with Gasteiger partial charge in [0.15, 0.2) is 0 Å². The van der Waals surface area contributed by atoms with E-state index >= 15 is 0 Å². The van der Waals surface area contributed by atoms with Crippen LogP contribution in [0.4, 0.5) is 0 Å². The van der Waals surface area contributed by atoms with E-state index in [1.807, 2.05) is 0 Å². The number of aliphatic carboxylic acids is 1. The smallest absolute Gasteiger partial charge is 0.326 e. The van der Waals surface area contributed by atoms with Gasteiger partial charge >= 0.3 is 5.97 Å². The highest BCUT2D eigenvalue weighted by Gasteiger charge is 2.48. The first kappa shape index (κ1) is 14.8. The average molecular weight is 304 g/mol. The van der Waals surface area contributed by atoms with E-state index in [9.17, 15) is 14.7 Å². The highest BCUT2D eigenvalue weighted by atomic mass is 16.5. The first-order chi connectivity index (χ1) is 10.6. The molecule has 1 N–H and O–H groups in total. The summed E-state index contributed by atoms with van der Waals surface area (Å²) < 4.78 is 5.15. The summed E-state index contributed by atoms with van der Waals surface area (Å²) >= 11 is 0. The molecule has 1 amide bonds. The second kappa shape index (κ2) is 5.94. The number of hydrogen-bond donors (Lipinski definition) is 1. The predicted octanol–water partition coefficient (Wildman–Crippen LogP) is 1.95. The van der Waals surface area contributed by atoms with Crippen LogP contribution in [0.15, 0.2) is 18.3 Å². The van der Waals surface area contributed by atoms with Crippen LogP contribution in [0.3, 0.4) is 0 Å². The SMILES string of the molecule is COc1ncccc1C(=O)N1C(C(=O)O)CC2CCCCC21. The van der Waals surface area contributed by atoms with Crippen molar-refractivity contribution in [3.63, 3.8) is 0 Å². The number of carboxylic acid groups (broad SMARTS) is 1. The Morgan fingerprint density at radius 3 is 2.86 bits per heavy atom. The van der Waals surface area contributed by atoms with Crippen molar-refractivity contribution in [3.8, 4) is 5.88 Å². The third-order valence-corrected chi connectivity index (χ3v) is 4.80. The number of likely N-dealkylation sites (tertiary alicyclic amines) is 1. The van der Waals surface area contributed by atoms with Gasteiger partial charge in [0.1, 0.15) is 11.6 Å². The Kier molecular flexibility index (Phi) is 4.00. The van der Waals surface area contributed by atoms with Crippen molar-refractivity contribution in [1.29, 1.82) is 0 Å². The van der Waals surface area contributed by atoms with Crippen molar-refractivity contribution in [2.75, 3.05) is 7.11 Å². The Labute approximate surface area is 129 Å². The van der Waals surface area contributed by atoms with E-state index < -0.39 is 12.0 Å². The first-order valence-corrected chi connectivity index (χ1v) is 7.68. The minimum atomic E-state index is -0.925. The van der Waals surface area contributed by atoms with Crippen LogP contribution in [0.5, 0.6) is 5.88 Å². The highest BCUT2D eigenvalue weighted by Crippen LogP contribution is 2.41. The van der Waals surface area contributed by atoms with Crippen molar-refractivity contribution >= 4 is 11.9 Å². The van der Waals surface area contributed by atoms with Crippen molar-refractivity contribution < 1.29 is 19.4 Å². The van der Waals surface area contributed by atoms with Gasteiger partial charge in [0.2, 0.25) is 5.88 Å². The topological polar surface area (TPSA) is 79.7 Å². The molecule has 2 fully saturated rings. The quantitative estimate of drug-likeness (QED) is 0.923. The van der Waals surface area contributed by atoms with Crippen LogP contribution in [0, 0.1) is 5.92 Å². The van der Waals surface area contributed by atoms with Crippen LogP contribution in [0.25, 0.3) is 0 Å².